The van der Waals surface area contributed by atoms with E-state index in [1.165, 1.54) is 38.1 Å². The molecule has 1 atom stereocenters. The van der Waals surface area contributed by atoms with E-state index in [2.05, 4.69) is 0 Å². The molecule has 0 amide bonds. The van der Waals surface area contributed by atoms with Gasteiger partial charge in [0.25, 0.3) is 0 Å². The molecule has 4 heteroatoms. The summed E-state index contributed by atoms with van der Waals surface area (Å²) < 4.78 is 41.5. The van der Waals surface area contributed by atoms with E-state index in [-0.39, 0.29) is 11.1 Å². The smallest absolute Gasteiger partial charge is 0.135 e. The first-order chi connectivity index (χ1) is 8.93. The summed E-state index contributed by atoms with van der Waals surface area (Å²) in [6.45, 7) is 2.98. The maximum atomic E-state index is 13.9. The molecular weight excluding hydrogens is 253 g/mol. The zero-order chi connectivity index (χ0) is 14.2. The summed E-state index contributed by atoms with van der Waals surface area (Å²) in [4.78, 5) is 0. The topological polar surface area (TPSA) is 20.2 Å². The van der Waals surface area contributed by atoms with E-state index in [4.69, 9.17) is 0 Å². The van der Waals surface area contributed by atoms with Crippen LogP contribution in [0.15, 0.2) is 30.3 Å². The van der Waals surface area contributed by atoms with Gasteiger partial charge in [0, 0.05) is 5.56 Å². The number of hydrogen-bond acceptors (Lipinski definition) is 1. The van der Waals surface area contributed by atoms with Gasteiger partial charge in [0.2, 0.25) is 0 Å². The molecule has 0 saturated carbocycles. The molecule has 0 aliphatic heterocycles. The molecule has 2 aromatic carbocycles. The van der Waals surface area contributed by atoms with E-state index in [1.807, 2.05) is 0 Å². The Labute approximate surface area is 109 Å². The average molecular weight is 266 g/mol. The van der Waals surface area contributed by atoms with Gasteiger partial charge in [-0.25, -0.2) is 13.2 Å². The molecule has 2 rings (SSSR count). The van der Waals surface area contributed by atoms with Crippen LogP contribution in [0.2, 0.25) is 0 Å². The van der Waals surface area contributed by atoms with E-state index in [0.717, 1.165) is 6.07 Å². The minimum Gasteiger partial charge on any atom is -0.383 e. The van der Waals surface area contributed by atoms with Gasteiger partial charge >= 0.3 is 0 Å². The third-order valence-electron chi connectivity index (χ3n) is 3.11. The summed E-state index contributed by atoms with van der Waals surface area (Å²) in [6.07, 6.45) is -1.67. The second-order valence-corrected chi connectivity index (χ2v) is 4.47. The number of aliphatic hydroxyl groups is 1. The molecule has 0 saturated heterocycles. The monoisotopic (exact) mass is 266 g/mol. The number of halogens is 3. The van der Waals surface area contributed by atoms with Crippen LogP contribution in [0.25, 0.3) is 0 Å². The molecule has 0 fully saturated rings. The van der Waals surface area contributed by atoms with Crippen molar-refractivity contribution in [1.82, 2.24) is 0 Å². The Kier molecular flexibility index (Phi) is 3.62. The molecule has 0 radical (unpaired) electrons. The molecule has 100 valence electrons. The van der Waals surface area contributed by atoms with Crippen molar-refractivity contribution in [2.75, 3.05) is 0 Å². The molecule has 19 heavy (non-hydrogen) atoms. The number of rotatable bonds is 2. The minimum atomic E-state index is -1.67. The van der Waals surface area contributed by atoms with Crippen LogP contribution < -0.4 is 0 Å². The van der Waals surface area contributed by atoms with Crippen LogP contribution in [0.1, 0.15) is 28.4 Å². The predicted octanol–water partition coefficient (Wildman–Crippen LogP) is 3.80. The quantitative estimate of drug-likeness (QED) is 0.876. The van der Waals surface area contributed by atoms with Crippen molar-refractivity contribution >= 4 is 0 Å². The Bertz CT molecular complexity index is 623. The molecule has 0 bridgehead atoms. The van der Waals surface area contributed by atoms with Crippen molar-refractivity contribution in [2.24, 2.45) is 0 Å². The number of aliphatic hydroxyl groups excluding tert-OH is 1. The predicted molar refractivity (Wildman–Crippen MR) is 66.3 cm³/mol. The van der Waals surface area contributed by atoms with E-state index >= 15 is 0 Å². The fourth-order valence-electron chi connectivity index (χ4n) is 1.97. The van der Waals surface area contributed by atoms with Crippen LogP contribution in [0.3, 0.4) is 0 Å². The first-order valence-corrected chi connectivity index (χ1v) is 5.81. The van der Waals surface area contributed by atoms with Gasteiger partial charge in [-0.1, -0.05) is 24.3 Å². The van der Waals surface area contributed by atoms with Gasteiger partial charge in [-0.15, -0.1) is 0 Å². The maximum absolute atomic E-state index is 13.9. The second-order valence-electron chi connectivity index (χ2n) is 4.47. The Morgan fingerprint density at radius 1 is 0.895 bits per heavy atom. The van der Waals surface area contributed by atoms with Crippen LogP contribution in [0.5, 0.6) is 0 Å². The van der Waals surface area contributed by atoms with Crippen molar-refractivity contribution in [2.45, 2.75) is 20.0 Å². The van der Waals surface area contributed by atoms with E-state index in [0.29, 0.717) is 5.56 Å². The van der Waals surface area contributed by atoms with Crippen molar-refractivity contribution in [3.8, 4) is 0 Å². The van der Waals surface area contributed by atoms with Crippen molar-refractivity contribution in [3.05, 3.63) is 70.0 Å². The minimum absolute atomic E-state index is 0.136. The highest BCUT2D eigenvalue weighted by Crippen LogP contribution is 2.30. The summed E-state index contributed by atoms with van der Waals surface area (Å²) in [6, 6.07) is 6.70. The normalized spacial score (nSPS) is 12.5. The lowest BCUT2D eigenvalue weighted by atomic mass is 9.97. The molecule has 1 nitrogen and oxygen atoms in total. The second kappa shape index (κ2) is 5.05. The molecular formula is C15H13F3O. The summed E-state index contributed by atoms with van der Waals surface area (Å²) in [7, 11) is 0. The van der Waals surface area contributed by atoms with Gasteiger partial charge in [0.15, 0.2) is 0 Å². The molecule has 0 spiro atoms. The van der Waals surface area contributed by atoms with Gasteiger partial charge in [-0.3, -0.25) is 0 Å². The van der Waals surface area contributed by atoms with Gasteiger partial charge in [-0.05, 0) is 31.0 Å². The molecule has 0 aliphatic rings. The fourth-order valence-corrected chi connectivity index (χ4v) is 1.97. The highest BCUT2D eigenvalue weighted by molar-refractivity contribution is 5.37. The standard InChI is InChI=1S/C15H13F3O/c1-8-4-3-5-10(13(8)17)15(19)12-11(16)7-6-9(2)14(12)18/h3-7,15,19H,1-2H3. The summed E-state index contributed by atoms with van der Waals surface area (Å²) in [5.41, 5.74) is -0.151. The number of hydrogen-bond donors (Lipinski definition) is 1. The summed E-state index contributed by atoms with van der Waals surface area (Å²) >= 11 is 0. The number of benzene rings is 2. The highest BCUT2D eigenvalue weighted by atomic mass is 19.1. The Hall–Kier alpha value is -1.81. The van der Waals surface area contributed by atoms with Crippen molar-refractivity contribution in [3.63, 3.8) is 0 Å². The van der Waals surface area contributed by atoms with E-state index in [1.54, 1.807) is 0 Å². The van der Waals surface area contributed by atoms with Gasteiger partial charge in [0.05, 0.1) is 5.56 Å². The summed E-state index contributed by atoms with van der Waals surface area (Å²) in [5, 5.41) is 10.1. The van der Waals surface area contributed by atoms with Crippen LogP contribution in [-0.2, 0) is 0 Å². The molecule has 1 N–H and O–H groups in total. The molecule has 2 aromatic rings. The van der Waals surface area contributed by atoms with Crippen LogP contribution >= 0.6 is 0 Å². The Balaban J connectivity index is 2.59. The lowest BCUT2D eigenvalue weighted by Gasteiger charge is -2.16. The maximum Gasteiger partial charge on any atom is 0.135 e. The van der Waals surface area contributed by atoms with Gasteiger partial charge < -0.3 is 5.11 Å². The third-order valence-corrected chi connectivity index (χ3v) is 3.11. The summed E-state index contributed by atoms with van der Waals surface area (Å²) in [5.74, 6) is -2.40. The third kappa shape index (κ3) is 2.36. The first kappa shape index (κ1) is 13.6. The van der Waals surface area contributed by atoms with E-state index in [9.17, 15) is 18.3 Å². The lowest BCUT2D eigenvalue weighted by molar-refractivity contribution is 0.203. The fraction of sp³-hybridized carbons (Fsp3) is 0.200. The average Bonchev–Trinajstić information content (AvgIpc) is 2.37. The molecule has 0 aliphatic carbocycles. The highest BCUT2D eigenvalue weighted by Gasteiger charge is 2.23. The largest absolute Gasteiger partial charge is 0.383 e. The Morgan fingerprint density at radius 3 is 2.21 bits per heavy atom. The van der Waals surface area contributed by atoms with Crippen LogP contribution in [-0.4, -0.2) is 5.11 Å². The first-order valence-electron chi connectivity index (χ1n) is 5.81. The van der Waals surface area contributed by atoms with Crippen LogP contribution in [0, 0.1) is 31.3 Å². The van der Waals surface area contributed by atoms with Gasteiger partial charge in [0.1, 0.15) is 23.6 Å². The lowest BCUT2D eigenvalue weighted by Crippen LogP contribution is -2.09. The van der Waals surface area contributed by atoms with Crippen molar-refractivity contribution in [1.29, 1.82) is 0 Å². The zero-order valence-electron chi connectivity index (χ0n) is 10.5. The van der Waals surface area contributed by atoms with E-state index < -0.39 is 29.1 Å². The molecule has 1 unspecified atom stereocenters. The molecule has 0 aromatic heterocycles. The SMILES string of the molecule is Cc1cccc(C(O)c2c(F)ccc(C)c2F)c1F. The zero-order valence-corrected chi connectivity index (χ0v) is 10.5. The van der Waals surface area contributed by atoms with Crippen molar-refractivity contribution < 1.29 is 18.3 Å². The number of aryl methyl sites for hydroxylation is 2. The van der Waals surface area contributed by atoms with Gasteiger partial charge in [-0.2, -0.15) is 0 Å². The Morgan fingerprint density at radius 2 is 1.53 bits per heavy atom. The van der Waals surface area contributed by atoms with Crippen LogP contribution in [0.4, 0.5) is 13.2 Å². The molecule has 0 heterocycles.